The lowest BCUT2D eigenvalue weighted by atomic mass is 9.87. The number of pyridine rings is 1. The van der Waals surface area contributed by atoms with E-state index in [0.29, 0.717) is 18.4 Å². The molecule has 16 heavy (non-hydrogen) atoms. The molecule has 0 aromatic carbocycles. The molecule has 7 heteroatoms. The summed E-state index contributed by atoms with van der Waals surface area (Å²) in [5.41, 5.74) is -1.67. The van der Waals surface area contributed by atoms with Gasteiger partial charge in [0.15, 0.2) is 5.69 Å². The van der Waals surface area contributed by atoms with Gasteiger partial charge in [0, 0.05) is 6.20 Å². The molecule has 0 N–H and O–H groups in total. The quantitative estimate of drug-likeness (QED) is 0.425. The normalized spacial score (nSPS) is 17.5. The molecule has 0 radical (unpaired) electrons. The van der Waals surface area contributed by atoms with E-state index in [4.69, 9.17) is 0 Å². The van der Waals surface area contributed by atoms with Crippen molar-refractivity contribution >= 4 is 0 Å². The topological polar surface area (TPSA) is 99.2 Å². The summed E-state index contributed by atoms with van der Waals surface area (Å²) in [5.74, 6) is 0. The summed E-state index contributed by atoms with van der Waals surface area (Å²) in [6.07, 6.45) is 2.29. The van der Waals surface area contributed by atoms with E-state index in [1.54, 1.807) is 12.1 Å². The standard InChI is InChI=1S/C9H9N3O4/c13-11(14)9(12(15)16)5-1-3-7-4-2-6-10-8(7)9/h2,4,6H,1,3,5H2. The van der Waals surface area contributed by atoms with Gasteiger partial charge in [0.2, 0.25) is 0 Å². The van der Waals surface area contributed by atoms with Gasteiger partial charge in [-0.3, -0.25) is 20.2 Å². The van der Waals surface area contributed by atoms with Crippen molar-refractivity contribution in [1.29, 1.82) is 0 Å². The van der Waals surface area contributed by atoms with E-state index in [9.17, 15) is 20.2 Å². The second-order valence-corrected chi connectivity index (χ2v) is 3.70. The molecule has 0 fully saturated rings. The summed E-state index contributed by atoms with van der Waals surface area (Å²) in [4.78, 5) is 24.2. The smallest absolute Gasteiger partial charge is 0.258 e. The van der Waals surface area contributed by atoms with Gasteiger partial charge >= 0.3 is 5.66 Å². The van der Waals surface area contributed by atoms with Gasteiger partial charge in [-0.2, -0.15) is 0 Å². The van der Waals surface area contributed by atoms with Crippen LogP contribution < -0.4 is 0 Å². The third-order valence-electron chi connectivity index (χ3n) is 2.85. The van der Waals surface area contributed by atoms with Gasteiger partial charge in [-0.25, -0.2) is 4.98 Å². The molecule has 1 aromatic rings. The minimum Gasteiger partial charge on any atom is -0.258 e. The minimum absolute atomic E-state index is 0.0174. The van der Waals surface area contributed by atoms with Crippen LogP contribution in [-0.4, -0.2) is 14.8 Å². The zero-order valence-corrected chi connectivity index (χ0v) is 8.33. The van der Waals surface area contributed by atoms with Gasteiger partial charge < -0.3 is 0 Å². The molecule has 0 atom stereocenters. The maximum absolute atomic E-state index is 11.0. The van der Waals surface area contributed by atoms with Crippen molar-refractivity contribution in [1.82, 2.24) is 4.98 Å². The van der Waals surface area contributed by atoms with Gasteiger partial charge in [-0.15, -0.1) is 0 Å². The van der Waals surface area contributed by atoms with E-state index in [1.165, 1.54) is 6.20 Å². The fraction of sp³-hybridized carbons (Fsp3) is 0.444. The Labute approximate surface area is 90.4 Å². The van der Waals surface area contributed by atoms with Crippen LogP contribution in [0.2, 0.25) is 0 Å². The van der Waals surface area contributed by atoms with E-state index in [2.05, 4.69) is 4.98 Å². The molecular weight excluding hydrogens is 214 g/mol. The van der Waals surface area contributed by atoms with E-state index in [0.717, 1.165) is 0 Å². The number of nitrogens with zero attached hydrogens (tertiary/aromatic N) is 3. The average Bonchev–Trinajstić information content (AvgIpc) is 2.27. The number of fused-ring (bicyclic) bond motifs is 1. The highest BCUT2D eigenvalue weighted by molar-refractivity contribution is 5.26. The number of rotatable bonds is 2. The van der Waals surface area contributed by atoms with Crippen molar-refractivity contribution in [2.75, 3.05) is 0 Å². The molecule has 2 rings (SSSR count). The first-order valence-corrected chi connectivity index (χ1v) is 4.82. The molecule has 0 aliphatic heterocycles. The predicted octanol–water partition coefficient (Wildman–Crippen LogP) is 1.12. The zero-order chi connectivity index (χ0) is 11.8. The van der Waals surface area contributed by atoms with Gasteiger partial charge in [0.25, 0.3) is 0 Å². The van der Waals surface area contributed by atoms with E-state index in [-0.39, 0.29) is 12.1 Å². The lowest BCUT2D eigenvalue weighted by molar-refractivity contribution is -0.813. The predicted molar refractivity (Wildman–Crippen MR) is 52.8 cm³/mol. The lowest BCUT2D eigenvalue weighted by Gasteiger charge is -2.22. The minimum atomic E-state index is -2.26. The van der Waals surface area contributed by atoms with Crippen molar-refractivity contribution in [3.05, 3.63) is 49.8 Å². The molecule has 1 aromatic heterocycles. The monoisotopic (exact) mass is 223 g/mol. The van der Waals surface area contributed by atoms with Crippen LogP contribution in [0.3, 0.4) is 0 Å². The van der Waals surface area contributed by atoms with Crippen LogP contribution in [0.4, 0.5) is 0 Å². The number of hydrogen-bond acceptors (Lipinski definition) is 5. The number of hydrogen-bond donors (Lipinski definition) is 0. The molecular formula is C9H9N3O4. The molecule has 0 unspecified atom stereocenters. The Morgan fingerprint density at radius 3 is 2.62 bits per heavy atom. The van der Waals surface area contributed by atoms with Gasteiger partial charge in [0.1, 0.15) is 9.85 Å². The highest BCUT2D eigenvalue weighted by atomic mass is 16.7. The summed E-state index contributed by atoms with van der Waals surface area (Å²) in [6.45, 7) is 0. The molecule has 0 bridgehead atoms. The molecule has 0 saturated heterocycles. The largest absolute Gasteiger partial charge is 0.500 e. The van der Waals surface area contributed by atoms with E-state index < -0.39 is 15.5 Å². The Bertz CT molecular complexity index is 446. The molecule has 1 heterocycles. The first-order chi connectivity index (χ1) is 7.59. The van der Waals surface area contributed by atoms with Gasteiger partial charge in [-0.05, 0) is 24.5 Å². The molecule has 7 nitrogen and oxygen atoms in total. The highest BCUT2D eigenvalue weighted by Gasteiger charge is 2.61. The van der Waals surface area contributed by atoms with E-state index in [1.807, 2.05) is 0 Å². The van der Waals surface area contributed by atoms with Crippen LogP contribution in [-0.2, 0) is 12.1 Å². The van der Waals surface area contributed by atoms with Crippen molar-refractivity contribution in [3.8, 4) is 0 Å². The van der Waals surface area contributed by atoms with Gasteiger partial charge in [-0.1, -0.05) is 6.07 Å². The van der Waals surface area contributed by atoms with Crippen LogP contribution in [0, 0.1) is 20.2 Å². The zero-order valence-electron chi connectivity index (χ0n) is 8.33. The fourth-order valence-corrected chi connectivity index (χ4v) is 2.07. The average molecular weight is 223 g/mol. The molecule has 0 saturated carbocycles. The summed E-state index contributed by atoms with van der Waals surface area (Å²) in [6, 6.07) is 3.29. The molecule has 0 amide bonds. The summed E-state index contributed by atoms with van der Waals surface area (Å²) in [7, 11) is 0. The second-order valence-electron chi connectivity index (χ2n) is 3.70. The van der Waals surface area contributed by atoms with Crippen LogP contribution >= 0.6 is 0 Å². The van der Waals surface area contributed by atoms with Crippen LogP contribution in [0.15, 0.2) is 18.3 Å². The van der Waals surface area contributed by atoms with Crippen LogP contribution in [0.1, 0.15) is 24.1 Å². The molecule has 1 aliphatic rings. The molecule has 84 valence electrons. The van der Waals surface area contributed by atoms with Crippen LogP contribution in [0.5, 0.6) is 0 Å². The third kappa shape index (κ3) is 1.24. The lowest BCUT2D eigenvalue weighted by Crippen LogP contribution is -2.46. The Kier molecular flexibility index (Phi) is 2.30. The summed E-state index contributed by atoms with van der Waals surface area (Å²) < 4.78 is 0. The Morgan fingerprint density at radius 2 is 2.00 bits per heavy atom. The molecule has 0 spiro atoms. The second kappa shape index (κ2) is 3.51. The van der Waals surface area contributed by atoms with Crippen molar-refractivity contribution in [2.45, 2.75) is 24.9 Å². The Morgan fingerprint density at radius 1 is 1.31 bits per heavy atom. The summed E-state index contributed by atoms with van der Waals surface area (Å²) in [5, 5.41) is 22.0. The Balaban J connectivity index is 2.66. The molecule has 1 aliphatic carbocycles. The third-order valence-corrected chi connectivity index (χ3v) is 2.85. The number of aromatic nitrogens is 1. The summed E-state index contributed by atoms with van der Waals surface area (Å²) >= 11 is 0. The first kappa shape index (κ1) is 10.5. The van der Waals surface area contributed by atoms with E-state index >= 15 is 0 Å². The number of aryl methyl sites for hydroxylation is 1. The first-order valence-electron chi connectivity index (χ1n) is 4.82. The number of nitro groups is 2. The SMILES string of the molecule is O=[N+]([O-])C1([N+](=O)[O-])CCCc2cccnc21. The van der Waals surface area contributed by atoms with Crippen LogP contribution in [0.25, 0.3) is 0 Å². The highest BCUT2D eigenvalue weighted by Crippen LogP contribution is 2.36. The maximum Gasteiger partial charge on any atom is 0.500 e. The fourth-order valence-electron chi connectivity index (χ4n) is 2.07. The van der Waals surface area contributed by atoms with Crippen molar-refractivity contribution < 1.29 is 9.85 Å². The van der Waals surface area contributed by atoms with Gasteiger partial charge in [0.05, 0.1) is 6.42 Å². The maximum atomic E-state index is 11.0. The van der Waals surface area contributed by atoms with Crippen molar-refractivity contribution in [2.24, 2.45) is 0 Å². The Hall–Kier alpha value is -2.05. The van der Waals surface area contributed by atoms with Crippen molar-refractivity contribution in [3.63, 3.8) is 0 Å².